The Bertz CT molecular complexity index is 443. The molecule has 0 aromatic heterocycles. The van der Waals surface area contributed by atoms with Gasteiger partial charge in [-0.15, -0.1) is 0 Å². The zero-order valence-corrected chi connectivity index (χ0v) is 9.51. The molecule has 0 amide bonds. The molecule has 2 N–H and O–H groups in total. The van der Waals surface area contributed by atoms with E-state index in [9.17, 15) is 14.7 Å². The van der Waals surface area contributed by atoms with Crippen LogP contribution in [0.3, 0.4) is 0 Å². The summed E-state index contributed by atoms with van der Waals surface area (Å²) < 4.78 is 15.1. The van der Waals surface area contributed by atoms with Gasteiger partial charge in [-0.1, -0.05) is 15.9 Å². The van der Waals surface area contributed by atoms with E-state index in [0.717, 1.165) is 12.1 Å². The summed E-state index contributed by atoms with van der Waals surface area (Å²) in [4.78, 5) is 26.7. The number of nitro groups is 1. The Balaban J connectivity index is 3.18. The molecule has 0 aliphatic heterocycles. The van der Waals surface area contributed by atoms with Gasteiger partial charge in [0.05, 0.1) is 4.92 Å². The molecule has 9 heteroatoms. The molecule has 0 atom stereocenters. The Hall–Kier alpha value is -0.950. The van der Waals surface area contributed by atoms with Gasteiger partial charge in [0.25, 0.3) is 0 Å². The fourth-order valence-electron chi connectivity index (χ4n) is 0.839. The van der Waals surface area contributed by atoms with Crippen molar-refractivity contribution in [2.75, 3.05) is 0 Å². The maximum absolute atomic E-state index is 10.5. The van der Waals surface area contributed by atoms with Crippen LogP contribution in [0.15, 0.2) is 22.7 Å². The molecule has 15 heavy (non-hydrogen) atoms. The minimum absolute atomic E-state index is 0.410. The number of phosphoric acid groups is 1. The SMILES string of the molecule is O=[N+]([O-])c1cc(Br)ccc1OP(=O)(O)O. The maximum atomic E-state index is 10.5. The summed E-state index contributed by atoms with van der Waals surface area (Å²) in [5.74, 6) is -0.475. The van der Waals surface area contributed by atoms with Crippen molar-refractivity contribution in [2.45, 2.75) is 0 Å². The second-order valence-electron chi connectivity index (χ2n) is 2.45. The van der Waals surface area contributed by atoms with E-state index < -0.39 is 24.2 Å². The molecule has 7 nitrogen and oxygen atoms in total. The summed E-state index contributed by atoms with van der Waals surface area (Å²) in [6.45, 7) is 0. The normalized spacial score (nSPS) is 11.1. The van der Waals surface area contributed by atoms with Crippen LogP contribution in [-0.2, 0) is 4.57 Å². The highest BCUT2D eigenvalue weighted by Gasteiger charge is 2.23. The van der Waals surface area contributed by atoms with Gasteiger partial charge in [-0.2, -0.15) is 0 Å². The van der Waals surface area contributed by atoms with Crippen LogP contribution in [0.1, 0.15) is 0 Å². The zero-order chi connectivity index (χ0) is 11.6. The number of nitrogens with zero attached hydrogens (tertiary/aromatic N) is 1. The summed E-state index contributed by atoms with van der Waals surface area (Å²) in [5.41, 5.74) is -0.521. The van der Waals surface area contributed by atoms with Crippen LogP contribution >= 0.6 is 23.8 Å². The van der Waals surface area contributed by atoms with Crippen molar-refractivity contribution in [1.29, 1.82) is 0 Å². The van der Waals surface area contributed by atoms with Crippen molar-refractivity contribution in [3.63, 3.8) is 0 Å². The fraction of sp³-hybridized carbons (Fsp3) is 0. The van der Waals surface area contributed by atoms with Crippen molar-refractivity contribution < 1.29 is 23.8 Å². The number of hydrogen-bond donors (Lipinski definition) is 2. The van der Waals surface area contributed by atoms with Crippen LogP contribution in [-0.4, -0.2) is 14.7 Å². The van der Waals surface area contributed by atoms with Crippen LogP contribution in [0.25, 0.3) is 0 Å². The first kappa shape index (κ1) is 12.1. The van der Waals surface area contributed by atoms with Gasteiger partial charge in [0, 0.05) is 10.5 Å². The number of halogens is 1. The molecule has 0 saturated heterocycles. The van der Waals surface area contributed by atoms with E-state index in [2.05, 4.69) is 20.5 Å². The van der Waals surface area contributed by atoms with Gasteiger partial charge in [-0.3, -0.25) is 19.9 Å². The van der Waals surface area contributed by atoms with Crippen molar-refractivity contribution in [2.24, 2.45) is 0 Å². The van der Waals surface area contributed by atoms with E-state index in [0.29, 0.717) is 4.47 Å². The molecule has 1 aromatic rings. The first-order valence-electron chi connectivity index (χ1n) is 3.49. The molecule has 0 heterocycles. The Morgan fingerprint density at radius 2 is 2.07 bits per heavy atom. The maximum Gasteiger partial charge on any atom is 0.525 e. The fourth-order valence-corrected chi connectivity index (χ4v) is 1.60. The molecule has 1 rings (SSSR count). The van der Waals surface area contributed by atoms with Gasteiger partial charge >= 0.3 is 13.5 Å². The first-order chi connectivity index (χ1) is 6.79. The Labute approximate surface area is 92.2 Å². The van der Waals surface area contributed by atoms with E-state index >= 15 is 0 Å². The second kappa shape index (κ2) is 4.28. The first-order valence-corrected chi connectivity index (χ1v) is 5.81. The summed E-state index contributed by atoms with van der Waals surface area (Å²) in [5, 5.41) is 10.5. The summed E-state index contributed by atoms with van der Waals surface area (Å²) in [6, 6.07) is 3.56. The molecule has 0 saturated carbocycles. The van der Waals surface area contributed by atoms with E-state index in [1.165, 1.54) is 6.07 Å². The average molecular weight is 298 g/mol. The second-order valence-corrected chi connectivity index (χ2v) is 4.53. The van der Waals surface area contributed by atoms with Crippen LogP contribution in [0, 0.1) is 10.1 Å². The Morgan fingerprint density at radius 1 is 1.47 bits per heavy atom. The third-order valence-corrected chi connectivity index (χ3v) is 2.26. The van der Waals surface area contributed by atoms with Crippen LogP contribution < -0.4 is 4.52 Å². The molecular formula is C6H5BrNO6P. The highest BCUT2D eigenvalue weighted by Crippen LogP contribution is 2.42. The molecule has 0 unspecified atom stereocenters. The van der Waals surface area contributed by atoms with Gasteiger partial charge < -0.3 is 4.52 Å². The Morgan fingerprint density at radius 3 is 2.53 bits per heavy atom. The lowest BCUT2D eigenvalue weighted by atomic mass is 10.3. The zero-order valence-electron chi connectivity index (χ0n) is 7.03. The third kappa shape index (κ3) is 3.60. The highest BCUT2D eigenvalue weighted by atomic mass is 79.9. The largest absolute Gasteiger partial charge is 0.525 e. The number of benzene rings is 1. The quantitative estimate of drug-likeness (QED) is 0.500. The predicted octanol–water partition coefficient (Wildman–Crippen LogP) is 1.83. The molecular weight excluding hydrogens is 293 g/mol. The van der Waals surface area contributed by atoms with Crippen molar-refractivity contribution in [3.05, 3.63) is 32.8 Å². The van der Waals surface area contributed by atoms with Gasteiger partial charge in [0.1, 0.15) is 0 Å². The standard InChI is InChI=1S/C6H5BrNO6P/c7-4-1-2-6(14-15(11,12)13)5(3-4)8(9)10/h1-3H,(H2,11,12,13). The molecule has 0 aliphatic rings. The minimum Gasteiger partial charge on any atom is -0.397 e. The third-order valence-electron chi connectivity index (χ3n) is 1.33. The molecule has 0 aliphatic carbocycles. The van der Waals surface area contributed by atoms with E-state index in [1.807, 2.05) is 0 Å². The highest BCUT2D eigenvalue weighted by molar-refractivity contribution is 9.10. The average Bonchev–Trinajstić information content (AvgIpc) is 2.05. The van der Waals surface area contributed by atoms with E-state index in [-0.39, 0.29) is 0 Å². The molecule has 82 valence electrons. The van der Waals surface area contributed by atoms with E-state index in [1.54, 1.807) is 0 Å². The summed E-state index contributed by atoms with van der Waals surface area (Å²) in [6.07, 6.45) is 0. The van der Waals surface area contributed by atoms with Gasteiger partial charge in [-0.05, 0) is 12.1 Å². The number of nitro benzene ring substituents is 1. The number of phosphoric ester groups is 1. The summed E-state index contributed by atoms with van der Waals surface area (Å²) >= 11 is 2.99. The molecule has 1 aromatic carbocycles. The van der Waals surface area contributed by atoms with Crippen LogP contribution in [0.4, 0.5) is 5.69 Å². The number of rotatable bonds is 3. The monoisotopic (exact) mass is 297 g/mol. The molecule has 0 fully saturated rings. The van der Waals surface area contributed by atoms with Crippen molar-refractivity contribution in [3.8, 4) is 5.75 Å². The van der Waals surface area contributed by atoms with Crippen LogP contribution in [0.5, 0.6) is 5.75 Å². The lowest BCUT2D eigenvalue weighted by molar-refractivity contribution is -0.385. The molecule has 0 spiro atoms. The lowest BCUT2D eigenvalue weighted by Crippen LogP contribution is -1.96. The van der Waals surface area contributed by atoms with Gasteiger partial charge in [0.15, 0.2) is 0 Å². The minimum atomic E-state index is -4.79. The number of hydrogen-bond acceptors (Lipinski definition) is 4. The topological polar surface area (TPSA) is 110 Å². The lowest BCUT2D eigenvalue weighted by Gasteiger charge is -2.06. The van der Waals surface area contributed by atoms with Crippen molar-refractivity contribution in [1.82, 2.24) is 0 Å². The van der Waals surface area contributed by atoms with Gasteiger partial charge in [-0.25, -0.2) is 4.57 Å². The molecule has 0 bridgehead atoms. The van der Waals surface area contributed by atoms with Crippen LogP contribution in [0.2, 0.25) is 0 Å². The summed E-state index contributed by atoms with van der Waals surface area (Å²) in [7, 11) is -4.79. The smallest absolute Gasteiger partial charge is 0.397 e. The van der Waals surface area contributed by atoms with E-state index in [4.69, 9.17) is 9.79 Å². The Kier molecular flexibility index (Phi) is 3.46. The van der Waals surface area contributed by atoms with Crippen molar-refractivity contribution >= 4 is 29.4 Å². The predicted molar refractivity (Wildman–Crippen MR) is 53.5 cm³/mol. The molecule has 0 radical (unpaired) electrons. The van der Waals surface area contributed by atoms with Gasteiger partial charge in [0.2, 0.25) is 5.75 Å².